The number of carbonyl (C=O) groups is 1. The highest BCUT2D eigenvalue weighted by Crippen LogP contribution is 2.25. The molecule has 0 unspecified atom stereocenters. The maximum Gasteiger partial charge on any atom is 0.241 e. The molecule has 2 fully saturated rings. The van der Waals surface area contributed by atoms with Gasteiger partial charge in [-0.1, -0.05) is 22.0 Å². The van der Waals surface area contributed by atoms with Crippen LogP contribution in [0.25, 0.3) is 0 Å². The molecule has 0 bridgehead atoms. The summed E-state index contributed by atoms with van der Waals surface area (Å²) in [6.07, 6.45) is 1.39. The predicted molar refractivity (Wildman–Crippen MR) is 105 cm³/mol. The Morgan fingerprint density at radius 2 is 2.00 bits per heavy atom. The summed E-state index contributed by atoms with van der Waals surface area (Å²) in [6.45, 7) is 7.35. The normalized spacial score (nSPS) is 22.7. The molecule has 7 heteroatoms. The second kappa shape index (κ2) is 8.80. The van der Waals surface area contributed by atoms with Crippen LogP contribution in [0.2, 0.25) is 0 Å². The van der Waals surface area contributed by atoms with Gasteiger partial charge in [-0.15, -0.1) is 0 Å². The van der Waals surface area contributed by atoms with Crippen molar-refractivity contribution in [2.24, 2.45) is 0 Å². The van der Waals surface area contributed by atoms with Gasteiger partial charge < -0.3 is 15.2 Å². The highest BCUT2D eigenvalue weighted by Gasteiger charge is 2.36. The number of piperidine rings is 1. The van der Waals surface area contributed by atoms with Crippen molar-refractivity contribution in [1.29, 1.82) is 0 Å². The van der Waals surface area contributed by atoms with Gasteiger partial charge in [0.2, 0.25) is 5.91 Å². The van der Waals surface area contributed by atoms with Gasteiger partial charge in [0, 0.05) is 42.9 Å². The maximum atomic E-state index is 12.5. The standard InChI is InChI=1S/C19H28BrN3O3/c1-15(18(24)21-17-4-2-3-16(20)13-17)23-7-5-19(25,6-8-23)14-22-9-11-26-12-10-22/h2-4,13,15,25H,5-12,14H2,1H3,(H,21,24)/t15-/m1/s1. The number of likely N-dealkylation sites (tertiary alicyclic amines) is 1. The van der Waals surface area contributed by atoms with Crippen LogP contribution < -0.4 is 5.32 Å². The molecule has 144 valence electrons. The molecule has 0 aliphatic carbocycles. The van der Waals surface area contributed by atoms with Gasteiger partial charge in [0.25, 0.3) is 0 Å². The molecular formula is C19H28BrN3O3. The highest BCUT2D eigenvalue weighted by atomic mass is 79.9. The molecule has 2 N–H and O–H groups in total. The van der Waals surface area contributed by atoms with Crippen LogP contribution in [0.5, 0.6) is 0 Å². The summed E-state index contributed by atoms with van der Waals surface area (Å²) in [7, 11) is 0. The Bertz CT molecular complexity index is 614. The number of benzene rings is 1. The van der Waals surface area contributed by atoms with Crippen LogP contribution in [0.1, 0.15) is 19.8 Å². The lowest BCUT2D eigenvalue weighted by Crippen LogP contribution is -2.55. The lowest BCUT2D eigenvalue weighted by atomic mass is 9.90. The molecule has 0 radical (unpaired) electrons. The Kier molecular flexibility index (Phi) is 6.69. The van der Waals surface area contributed by atoms with E-state index in [0.29, 0.717) is 19.4 Å². The van der Waals surface area contributed by atoms with E-state index in [4.69, 9.17) is 4.74 Å². The molecule has 26 heavy (non-hydrogen) atoms. The van der Waals surface area contributed by atoms with E-state index < -0.39 is 5.60 Å². The number of nitrogens with one attached hydrogen (secondary N) is 1. The van der Waals surface area contributed by atoms with Crippen LogP contribution in [-0.2, 0) is 9.53 Å². The van der Waals surface area contributed by atoms with Gasteiger partial charge in [0.05, 0.1) is 24.9 Å². The summed E-state index contributed by atoms with van der Waals surface area (Å²) in [5.41, 5.74) is 0.131. The molecule has 1 aromatic rings. The van der Waals surface area contributed by atoms with Crippen molar-refractivity contribution in [3.63, 3.8) is 0 Å². The van der Waals surface area contributed by atoms with E-state index in [1.807, 2.05) is 31.2 Å². The van der Waals surface area contributed by atoms with Gasteiger partial charge in [0.15, 0.2) is 0 Å². The first kappa shape index (κ1) is 19.8. The van der Waals surface area contributed by atoms with Gasteiger partial charge >= 0.3 is 0 Å². The molecule has 0 saturated carbocycles. The lowest BCUT2D eigenvalue weighted by molar-refractivity contribution is -0.123. The summed E-state index contributed by atoms with van der Waals surface area (Å²) in [5.74, 6) is -0.0123. The van der Waals surface area contributed by atoms with Crippen LogP contribution in [-0.4, -0.2) is 78.4 Å². The quantitative estimate of drug-likeness (QED) is 0.754. The average molecular weight is 426 g/mol. The average Bonchev–Trinajstić information content (AvgIpc) is 2.62. The number of rotatable bonds is 5. The van der Waals surface area contributed by atoms with Crippen molar-refractivity contribution in [3.8, 4) is 0 Å². The molecule has 2 aliphatic heterocycles. The van der Waals surface area contributed by atoms with Crippen molar-refractivity contribution in [1.82, 2.24) is 9.80 Å². The molecule has 0 aromatic heterocycles. The molecule has 6 nitrogen and oxygen atoms in total. The van der Waals surface area contributed by atoms with Crippen molar-refractivity contribution in [2.75, 3.05) is 51.3 Å². The SMILES string of the molecule is C[C@H](C(=O)Nc1cccc(Br)c1)N1CCC(O)(CN2CCOCC2)CC1. The van der Waals surface area contributed by atoms with Crippen LogP contribution in [0.15, 0.2) is 28.7 Å². The Morgan fingerprint density at radius 1 is 1.31 bits per heavy atom. The number of carbonyl (C=O) groups excluding carboxylic acids is 1. The smallest absolute Gasteiger partial charge is 0.241 e. The van der Waals surface area contributed by atoms with E-state index in [1.54, 1.807) is 0 Å². The van der Waals surface area contributed by atoms with Gasteiger partial charge in [0.1, 0.15) is 0 Å². The van der Waals surface area contributed by atoms with E-state index in [9.17, 15) is 9.90 Å². The second-order valence-corrected chi connectivity index (χ2v) is 8.24. The topological polar surface area (TPSA) is 65.0 Å². The number of β-amino-alcohol motifs (C(OH)–C–C–N with tert-alkyl or cyclic N) is 1. The monoisotopic (exact) mass is 425 g/mol. The number of nitrogens with zero attached hydrogens (tertiary/aromatic N) is 2. The Hall–Kier alpha value is -0.990. The number of aliphatic hydroxyl groups is 1. The molecule has 2 heterocycles. The molecule has 2 aliphatic rings. The van der Waals surface area contributed by atoms with Crippen molar-refractivity contribution >= 4 is 27.5 Å². The molecule has 0 spiro atoms. The molecular weight excluding hydrogens is 398 g/mol. The Morgan fingerprint density at radius 3 is 2.65 bits per heavy atom. The van der Waals surface area contributed by atoms with E-state index in [1.165, 1.54) is 0 Å². The fourth-order valence-electron chi connectivity index (χ4n) is 3.64. The molecule has 1 amide bonds. The largest absolute Gasteiger partial charge is 0.388 e. The molecule has 1 aromatic carbocycles. The van der Waals surface area contributed by atoms with Gasteiger partial charge in [-0.2, -0.15) is 0 Å². The Balaban J connectivity index is 1.49. The van der Waals surface area contributed by atoms with Crippen LogP contribution >= 0.6 is 15.9 Å². The maximum absolute atomic E-state index is 12.5. The van der Waals surface area contributed by atoms with Gasteiger partial charge in [-0.3, -0.25) is 14.6 Å². The third-order valence-electron chi connectivity index (χ3n) is 5.37. The minimum atomic E-state index is -0.658. The third-order valence-corrected chi connectivity index (χ3v) is 5.86. The number of hydrogen-bond acceptors (Lipinski definition) is 5. The fraction of sp³-hybridized carbons (Fsp3) is 0.632. The van der Waals surface area contributed by atoms with E-state index >= 15 is 0 Å². The zero-order chi connectivity index (χ0) is 18.6. The Labute approximate surface area is 163 Å². The van der Waals surface area contributed by atoms with E-state index in [2.05, 4.69) is 31.0 Å². The predicted octanol–water partition coefficient (Wildman–Crippen LogP) is 1.94. The van der Waals surface area contributed by atoms with Crippen LogP contribution in [0, 0.1) is 0 Å². The third kappa shape index (κ3) is 5.27. The zero-order valence-corrected chi connectivity index (χ0v) is 16.9. The number of hydrogen-bond donors (Lipinski definition) is 2. The summed E-state index contributed by atoms with van der Waals surface area (Å²) < 4.78 is 6.31. The summed E-state index contributed by atoms with van der Waals surface area (Å²) in [5, 5.41) is 13.9. The second-order valence-electron chi connectivity index (χ2n) is 7.32. The number of amides is 1. The van der Waals surface area contributed by atoms with Crippen molar-refractivity contribution in [3.05, 3.63) is 28.7 Å². The van der Waals surface area contributed by atoms with Crippen molar-refractivity contribution < 1.29 is 14.6 Å². The van der Waals surface area contributed by atoms with Gasteiger partial charge in [-0.05, 0) is 38.0 Å². The highest BCUT2D eigenvalue weighted by molar-refractivity contribution is 9.10. The van der Waals surface area contributed by atoms with Crippen LogP contribution in [0.4, 0.5) is 5.69 Å². The summed E-state index contributed by atoms with van der Waals surface area (Å²) in [6, 6.07) is 7.38. The first-order valence-electron chi connectivity index (χ1n) is 9.28. The first-order valence-corrected chi connectivity index (χ1v) is 10.1. The van der Waals surface area contributed by atoms with Crippen LogP contribution in [0.3, 0.4) is 0 Å². The van der Waals surface area contributed by atoms with Crippen molar-refractivity contribution in [2.45, 2.75) is 31.4 Å². The number of halogens is 1. The minimum Gasteiger partial charge on any atom is -0.388 e. The van der Waals surface area contributed by atoms with E-state index in [0.717, 1.165) is 49.6 Å². The minimum absolute atomic E-state index is 0.0123. The molecule has 1 atom stereocenters. The fourth-order valence-corrected chi connectivity index (χ4v) is 4.04. The number of ether oxygens (including phenoxy) is 1. The zero-order valence-electron chi connectivity index (χ0n) is 15.3. The first-order chi connectivity index (χ1) is 12.5. The molecule has 2 saturated heterocycles. The number of morpholine rings is 1. The van der Waals surface area contributed by atoms with Gasteiger partial charge in [-0.25, -0.2) is 0 Å². The summed E-state index contributed by atoms with van der Waals surface area (Å²) in [4.78, 5) is 17.0. The molecule has 3 rings (SSSR count). The number of anilines is 1. The summed E-state index contributed by atoms with van der Waals surface area (Å²) >= 11 is 3.42. The van der Waals surface area contributed by atoms with E-state index in [-0.39, 0.29) is 11.9 Å². The lowest BCUT2D eigenvalue weighted by Gasteiger charge is -2.43.